The summed E-state index contributed by atoms with van der Waals surface area (Å²) in [5.41, 5.74) is 4.41. The minimum atomic E-state index is -0.278. The fourth-order valence-electron chi connectivity index (χ4n) is 4.10. The van der Waals surface area contributed by atoms with Gasteiger partial charge in [-0.05, 0) is 48.9 Å². The van der Waals surface area contributed by atoms with Gasteiger partial charge in [0.25, 0.3) is 5.91 Å². The number of nitrogens with one attached hydrogen (secondary N) is 1. The number of aromatic nitrogens is 3. The Morgan fingerprint density at radius 3 is 2.59 bits per heavy atom. The maximum absolute atomic E-state index is 13.2. The number of halogens is 1. The molecule has 34 heavy (non-hydrogen) atoms. The van der Waals surface area contributed by atoms with E-state index in [0.29, 0.717) is 29.2 Å². The van der Waals surface area contributed by atoms with Crippen molar-refractivity contribution in [2.75, 3.05) is 11.4 Å². The molecule has 0 unspecified atom stereocenters. The van der Waals surface area contributed by atoms with Crippen LogP contribution in [0.3, 0.4) is 0 Å². The molecule has 170 valence electrons. The van der Waals surface area contributed by atoms with Gasteiger partial charge in [-0.3, -0.25) is 14.6 Å². The summed E-state index contributed by atoms with van der Waals surface area (Å²) in [7, 11) is 0. The van der Waals surface area contributed by atoms with Crippen LogP contribution in [0.15, 0.2) is 79.3 Å². The van der Waals surface area contributed by atoms with Gasteiger partial charge in [0.05, 0.1) is 22.6 Å². The zero-order valence-electron chi connectivity index (χ0n) is 18.3. The number of benzene rings is 2. The smallest absolute Gasteiger partial charge is 0.253 e. The van der Waals surface area contributed by atoms with Crippen LogP contribution in [0.25, 0.3) is 16.9 Å². The van der Waals surface area contributed by atoms with Gasteiger partial charge in [0, 0.05) is 54.3 Å². The van der Waals surface area contributed by atoms with Crippen LogP contribution in [0.1, 0.15) is 28.8 Å². The Labute approximate surface area is 202 Å². The number of amides is 2. The van der Waals surface area contributed by atoms with Crippen LogP contribution in [0.5, 0.6) is 0 Å². The van der Waals surface area contributed by atoms with Crippen molar-refractivity contribution in [2.45, 2.75) is 19.4 Å². The average molecular weight is 472 g/mol. The fourth-order valence-corrected chi connectivity index (χ4v) is 4.26. The molecule has 1 aliphatic heterocycles. The van der Waals surface area contributed by atoms with Crippen molar-refractivity contribution in [2.24, 2.45) is 0 Å². The first kappa shape index (κ1) is 21.9. The lowest BCUT2D eigenvalue weighted by Gasteiger charge is -2.19. The van der Waals surface area contributed by atoms with Crippen LogP contribution >= 0.6 is 11.6 Å². The van der Waals surface area contributed by atoms with E-state index in [-0.39, 0.29) is 18.4 Å². The summed E-state index contributed by atoms with van der Waals surface area (Å²) in [6, 6.07) is 18.6. The lowest BCUT2D eigenvalue weighted by molar-refractivity contribution is -0.117. The van der Waals surface area contributed by atoms with E-state index in [1.165, 1.54) is 0 Å². The predicted octanol–water partition coefficient (Wildman–Crippen LogP) is 4.64. The van der Waals surface area contributed by atoms with Crippen molar-refractivity contribution in [3.05, 3.63) is 95.4 Å². The summed E-state index contributed by atoms with van der Waals surface area (Å²) in [6.07, 6.45) is 6.58. The van der Waals surface area contributed by atoms with Crippen molar-refractivity contribution in [3.8, 4) is 16.9 Å². The van der Waals surface area contributed by atoms with E-state index >= 15 is 0 Å². The molecular weight excluding hydrogens is 450 g/mol. The molecule has 2 amide bonds. The summed E-state index contributed by atoms with van der Waals surface area (Å²) in [5.74, 6) is -0.278. The van der Waals surface area contributed by atoms with Gasteiger partial charge in [-0.25, -0.2) is 4.68 Å². The first-order chi connectivity index (χ1) is 16.6. The number of carbonyl (C=O) groups excluding carboxylic acids is 2. The highest BCUT2D eigenvalue weighted by molar-refractivity contribution is 6.31. The number of carbonyl (C=O) groups is 2. The molecule has 3 heterocycles. The third kappa shape index (κ3) is 4.43. The first-order valence-electron chi connectivity index (χ1n) is 11.0. The van der Waals surface area contributed by atoms with Crippen molar-refractivity contribution >= 4 is 29.1 Å². The number of hydrogen-bond acceptors (Lipinski definition) is 4. The quantitative estimate of drug-likeness (QED) is 0.444. The minimum Gasteiger partial charge on any atom is -0.348 e. The molecule has 1 fully saturated rings. The normalized spacial score (nSPS) is 13.3. The Balaban J connectivity index is 1.44. The number of anilines is 1. The standard InChI is InChI=1S/C26H22ClN5O2/c27-20-8-9-22(23(15-20)31-14-4-7-24(31)33)26(34)29-16-19-17-32(21-5-2-1-3-6-21)30-25(19)18-10-12-28-13-11-18/h1-3,5-6,8-13,15,17H,4,7,14,16H2,(H,29,34). The highest BCUT2D eigenvalue weighted by Crippen LogP contribution is 2.29. The number of rotatable bonds is 6. The fraction of sp³-hybridized carbons (Fsp3) is 0.154. The minimum absolute atomic E-state index is 0.000396. The van der Waals surface area contributed by atoms with Crippen molar-refractivity contribution in [1.82, 2.24) is 20.1 Å². The largest absolute Gasteiger partial charge is 0.348 e. The van der Waals surface area contributed by atoms with Crippen molar-refractivity contribution in [3.63, 3.8) is 0 Å². The molecule has 0 atom stereocenters. The van der Waals surface area contributed by atoms with Crippen LogP contribution < -0.4 is 10.2 Å². The molecule has 8 heteroatoms. The molecular formula is C26H22ClN5O2. The molecule has 0 radical (unpaired) electrons. The van der Waals surface area contributed by atoms with Crippen LogP contribution in [-0.2, 0) is 11.3 Å². The highest BCUT2D eigenvalue weighted by Gasteiger charge is 2.26. The van der Waals surface area contributed by atoms with E-state index in [1.807, 2.05) is 48.7 Å². The first-order valence-corrected chi connectivity index (χ1v) is 11.4. The van der Waals surface area contributed by atoms with Crippen LogP contribution in [0.2, 0.25) is 5.02 Å². The van der Waals surface area contributed by atoms with Gasteiger partial charge in [0.15, 0.2) is 0 Å². The van der Waals surface area contributed by atoms with Gasteiger partial charge in [-0.1, -0.05) is 29.8 Å². The molecule has 0 spiro atoms. The third-order valence-corrected chi connectivity index (χ3v) is 6.01. The third-order valence-electron chi connectivity index (χ3n) is 5.77. The molecule has 1 N–H and O–H groups in total. The SMILES string of the molecule is O=C(NCc1cn(-c2ccccc2)nc1-c1ccncc1)c1ccc(Cl)cc1N1CCCC1=O. The summed E-state index contributed by atoms with van der Waals surface area (Å²) in [4.78, 5) is 31.3. The molecule has 1 saturated heterocycles. The summed E-state index contributed by atoms with van der Waals surface area (Å²) in [6.45, 7) is 0.842. The van der Waals surface area contributed by atoms with E-state index in [9.17, 15) is 9.59 Å². The number of nitrogens with zero attached hydrogens (tertiary/aromatic N) is 4. The molecule has 1 aliphatic rings. The summed E-state index contributed by atoms with van der Waals surface area (Å²) >= 11 is 6.18. The molecule has 0 bridgehead atoms. The number of para-hydroxylation sites is 1. The molecule has 0 saturated carbocycles. The van der Waals surface area contributed by atoms with Crippen LogP contribution in [0.4, 0.5) is 5.69 Å². The predicted molar refractivity (Wildman–Crippen MR) is 131 cm³/mol. The van der Waals surface area contributed by atoms with Gasteiger partial charge in [-0.15, -0.1) is 0 Å². The van der Waals surface area contributed by atoms with Crippen molar-refractivity contribution in [1.29, 1.82) is 0 Å². The Hall–Kier alpha value is -3.97. The van der Waals surface area contributed by atoms with E-state index in [4.69, 9.17) is 16.7 Å². The molecule has 5 rings (SSSR count). The second-order valence-electron chi connectivity index (χ2n) is 8.01. The summed E-state index contributed by atoms with van der Waals surface area (Å²) < 4.78 is 1.80. The Bertz CT molecular complexity index is 1340. The topological polar surface area (TPSA) is 80.1 Å². The zero-order chi connectivity index (χ0) is 23.5. The second kappa shape index (κ2) is 9.49. The second-order valence-corrected chi connectivity index (χ2v) is 8.45. The molecule has 2 aromatic heterocycles. The number of pyridine rings is 1. The van der Waals surface area contributed by atoms with Crippen molar-refractivity contribution < 1.29 is 9.59 Å². The van der Waals surface area contributed by atoms with Gasteiger partial charge >= 0.3 is 0 Å². The van der Waals surface area contributed by atoms with Gasteiger partial charge in [-0.2, -0.15) is 5.10 Å². The monoisotopic (exact) mass is 471 g/mol. The van der Waals surface area contributed by atoms with Gasteiger partial charge < -0.3 is 10.2 Å². The molecule has 2 aromatic carbocycles. The molecule has 4 aromatic rings. The van der Waals surface area contributed by atoms with E-state index in [0.717, 1.165) is 28.9 Å². The average Bonchev–Trinajstić information content (AvgIpc) is 3.50. The Morgan fingerprint density at radius 1 is 1.06 bits per heavy atom. The van der Waals surface area contributed by atoms with Gasteiger partial charge in [0.2, 0.25) is 5.91 Å². The van der Waals surface area contributed by atoms with Crippen LogP contribution in [0, 0.1) is 0 Å². The molecule has 0 aliphatic carbocycles. The van der Waals surface area contributed by atoms with Gasteiger partial charge in [0.1, 0.15) is 0 Å². The lowest BCUT2D eigenvalue weighted by Crippen LogP contribution is -2.29. The zero-order valence-corrected chi connectivity index (χ0v) is 19.1. The summed E-state index contributed by atoms with van der Waals surface area (Å²) in [5, 5.41) is 8.25. The van der Waals surface area contributed by atoms with E-state index in [1.54, 1.807) is 40.2 Å². The number of hydrogen-bond donors (Lipinski definition) is 1. The molecule has 7 nitrogen and oxygen atoms in total. The Kier molecular flexibility index (Phi) is 6.10. The lowest BCUT2D eigenvalue weighted by atomic mass is 10.1. The van der Waals surface area contributed by atoms with Crippen LogP contribution in [-0.4, -0.2) is 33.1 Å². The van der Waals surface area contributed by atoms with E-state index < -0.39 is 0 Å². The maximum atomic E-state index is 13.2. The van der Waals surface area contributed by atoms with E-state index in [2.05, 4.69) is 10.3 Å². The Morgan fingerprint density at radius 2 is 1.85 bits per heavy atom. The maximum Gasteiger partial charge on any atom is 0.253 e. The highest BCUT2D eigenvalue weighted by atomic mass is 35.5.